The molecule has 1 aliphatic rings. The fourth-order valence-corrected chi connectivity index (χ4v) is 3.90. The Morgan fingerprint density at radius 2 is 2.20 bits per heavy atom. The molecule has 1 atom stereocenters. The summed E-state index contributed by atoms with van der Waals surface area (Å²) in [6, 6.07) is 10.8. The number of halogens is 1. The minimum atomic E-state index is 0. The van der Waals surface area contributed by atoms with E-state index in [9.17, 15) is 0 Å². The average molecular weight is 471 g/mol. The van der Waals surface area contributed by atoms with E-state index in [-0.39, 0.29) is 24.0 Å². The van der Waals surface area contributed by atoms with Gasteiger partial charge in [-0.15, -0.1) is 35.3 Å². The molecular formula is C18H26IN5S. The van der Waals surface area contributed by atoms with Crippen molar-refractivity contribution in [2.24, 2.45) is 10.7 Å². The topological polar surface area (TPSA) is 66.5 Å². The number of thiazole rings is 1. The van der Waals surface area contributed by atoms with E-state index in [1.54, 1.807) is 11.3 Å². The Labute approximate surface area is 170 Å². The van der Waals surface area contributed by atoms with Crippen LogP contribution in [0.15, 0.2) is 40.7 Å². The van der Waals surface area contributed by atoms with Gasteiger partial charge in [-0.25, -0.2) is 9.98 Å². The first-order chi connectivity index (χ1) is 11.8. The first-order valence-electron chi connectivity index (χ1n) is 8.54. The van der Waals surface area contributed by atoms with Gasteiger partial charge in [-0.3, -0.25) is 4.90 Å². The molecule has 3 N–H and O–H groups in total. The molecule has 25 heavy (non-hydrogen) atoms. The number of aromatic nitrogens is 1. The van der Waals surface area contributed by atoms with Gasteiger partial charge < -0.3 is 11.1 Å². The summed E-state index contributed by atoms with van der Waals surface area (Å²) in [5.41, 5.74) is 8.10. The zero-order chi connectivity index (χ0) is 16.8. The number of guanidine groups is 1. The third-order valence-corrected chi connectivity index (χ3v) is 5.35. The lowest BCUT2D eigenvalue weighted by atomic mass is 10.2. The summed E-state index contributed by atoms with van der Waals surface area (Å²) < 4.78 is 0. The summed E-state index contributed by atoms with van der Waals surface area (Å²) >= 11 is 1.64. The molecule has 2 aromatic rings. The molecule has 0 radical (unpaired) electrons. The fraction of sp³-hybridized carbons (Fsp3) is 0.444. The highest BCUT2D eigenvalue weighted by Gasteiger charge is 2.22. The third-order valence-electron chi connectivity index (χ3n) is 4.41. The Hall–Kier alpha value is -1.19. The predicted octanol–water partition coefficient (Wildman–Crippen LogP) is 3.32. The summed E-state index contributed by atoms with van der Waals surface area (Å²) in [4.78, 5) is 11.6. The second-order valence-corrected chi connectivity index (χ2v) is 6.88. The molecule has 0 saturated carbocycles. The number of likely N-dealkylation sites (N-methyl/N-ethyl adjacent to an activating group) is 1. The van der Waals surface area contributed by atoms with Gasteiger partial charge in [0.25, 0.3) is 0 Å². The van der Waals surface area contributed by atoms with Crippen molar-refractivity contribution in [2.45, 2.75) is 32.4 Å². The molecule has 1 saturated heterocycles. The Morgan fingerprint density at radius 3 is 2.96 bits per heavy atom. The van der Waals surface area contributed by atoms with Crippen molar-refractivity contribution in [1.29, 1.82) is 0 Å². The lowest BCUT2D eigenvalue weighted by Gasteiger charge is -2.23. The van der Waals surface area contributed by atoms with Crippen molar-refractivity contribution >= 4 is 41.3 Å². The van der Waals surface area contributed by atoms with Crippen LogP contribution < -0.4 is 11.1 Å². The molecule has 1 aromatic carbocycles. The van der Waals surface area contributed by atoms with Crippen molar-refractivity contribution in [1.82, 2.24) is 15.2 Å². The summed E-state index contributed by atoms with van der Waals surface area (Å²) in [6.07, 6.45) is 2.51. The monoisotopic (exact) mass is 471 g/mol. The van der Waals surface area contributed by atoms with Crippen molar-refractivity contribution in [3.63, 3.8) is 0 Å². The zero-order valence-corrected chi connectivity index (χ0v) is 17.7. The fourth-order valence-electron chi connectivity index (χ4n) is 3.08. The smallest absolute Gasteiger partial charge is 0.189 e. The van der Waals surface area contributed by atoms with Crippen LogP contribution in [0.2, 0.25) is 0 Å². The second kappa shape index (κ2) is 10.1. The van der Waals surface area contributed by atoms with Crippen LogP contribution in [0.1, 0.15) is 25.5 Å². The van der Waals surface area contributed by atoms with Gasteiger partial charge in [-0.05, 0) is 25.9 Å². The van der Waals surface area contributed by atoms with Crippen molar-refractivity contribution in [2.75, 3.05) is 19.6 Å². The molecule has 1 aromatic heterocycles. The van der Waals surface area contributed by atoms with E-state index in [0.29, 0.717) is 18.5 Å². The number of hydrogen-bond acceptors (Lipinski definition) is 4. The van der Waals surface area contributed by atoms with Gasteiger partial charge in [0.1, 0.15) is 5.01 Å². The SMILES string of the molecule is CCN1CCCC1CNC(N)=NCc1csc(-c2ccccc2)n1.I. The lowest BCUT2D eigenvalue weighted by molar-refractivity contribution is 0.267. The molecule has 1 aliphatic heterocycles. The van der Waals surface area contributed by atoms with Crippen LogP contribution in [-0.4, -0.2) is 41.5 Å². The van der Waals surface area contributed by atoms with Crippen LogP contribution in [0.25, 0.3) is 10.6 Å². The minimum Gasteiger partial charge on any atom is -0.370 e. The van der Waals surface area contributed by atoms with Crippen LogP contribution in [0, 0.1) is 0 Å². The number of aliphatic imine (C=N–C) groups is 1. The maximum Gasteiger partial charge on any atom is 0.189 e. The van der Waals surface area contributed by atoms with Gasteiger partial charge >= 0.3 is 0 Å². The van der Waals surface area contributed by atoms with E-state index in [2.05, 4.69) is 44.6 Å². The van der Waals surface area contributed by atoms with Gasteiger partial charge in [-0.2, -0.15) is 0 Å². The largest absolute Gasteiger partial charge is 0.370 e. The number of nitrogens with two attached hydrogens (primary N) is 1. The highest BCUT2D eigenvalue weighted by molar-refractivity contribution is 14.0. The summed E-state index contributed by atoms with van der Waals surface area (Å²) in [6.45, 7) is 5.90. The van der Waals surface area contributed by atoms with Crippen LogP contribution in [0.5, 0.6) is 0 Å². The molecule has 3 rings (SSSR count). The van der Waals surface area contributed by atoms with Crippen molar-refractivity contribution < 1.29 is 0 Å². The highest BCUT2D eigenvalue weighted by atomic mass is 127. The molecule has 1 fully saturated rings. The van der Waals surface area contributed by atoms with Gasteiger partial charge in [-0.1, -0.05) is 37.3 Å². The van der Waals surface area contributed by atoms with Gasteiger partial charge in [0.15, 0.2) is 5.96 Å². The standard InChI is InChI=1S/C18H25N5S.HI/c1-2-23-10-6-9-16(23)12-21-18(19)20-11-15-13-24-17(22-15)14-7-4-3-5-8-14;/h3-5,7-8,13,16H,2,6,9-12H2,1H3,(H3,19,20,21);1H. The number of nitrogens with zero attached hydrogens (tertiary/aromatic N) is 3. The Bertz CT molecular complexity index is 673. The maximum absolute atomic E-state index is 6.00. The Morgan fingerprint density at radius 1 is 1.40 bits per heavy atom. The molecule has 0 amide bonds. The van der Waals surface area contributed by atoms with Gasteiger partial charge in [0.05, 0.1) is 12.2 Å². The van der Waals surface area contributed by atoms with E-state index < -0.39 is 0 Å². The molecule has 1 unspecified atom stereocenters. The van der Waals surface area contributed by atoms with Crippen LogP contribution in [0.3, 0.4) is 0 Å². The van der Waals surface area contributed by atoms with Gasteiger partial charge in [0, 0.05) is 23.5 Å². The first kappa shape index (κ1) is 20.1. The van der Waals surface area contributed by atoms with E-state index in [1.807, 2.05) is 18.2 Å². The summed E-state index contributed by atoms with van der Waals surface area (Å²) in [5.74, 6) is 0.507. The molecule has 7 heteroatoms. The van der Waals surface area contributed by atoms with E-state index in [4.69, 9.17) is 5.73 Å². The zero-order valence-electron chi connectivity index (χ0n) is 14.5. The van der Waals surface area contributed by atoms with Gasteiger partial charge in [0.2, 0.25) is 0 Å². The number of rotatable bonds is 6. The molecule has 136 valence electrons. The van der Waals surface area contributed by atoms with Crippen LogP contribution in [0.4, 0.5) is 0 Å². The lowest BCUT2D eigenvalue weighted by Crippen LogP contribution is -2.42. The number of likely N-dealkylation sites (tertiary alicyclic amines) is 1. The Balaban J connectivity index is 0.00000225. The second-order valence-electron chi connectivity index (χ2n) is 6.02. The van der Waals surface area contributed by atoms with Crippen molar-refractivity contribution in [3.8, 4) is 10.6 Å². The molecule has 0 spiro atoms. The quantitative estimate of drug-likeness (QED) is 0.386. The summed E-state index contributed by atoms with van der Waals surface area (Å²) in [7, 11) is 0. The normalized spacial score (nSPS) is 18.1. The Kier molecular flexibility index (Phi) is 8.11. The molecular weight excluding hydrogens is 445 g/mol. The van der Waals surface area contributed by atoms with E-state index in [1.165, 1.54) is 19.4 Å². The first-order valence-corrected chi connectivity index (χ1v) is 9.42. The maximum atomic E-state index is 6.00. The highest BCUT2D eigenvalue weighted by Crippen LogP contribution is 2.23. The van der Waals surface area contributed by atoms with Crippen LogP contribution >= 0.6 is 35.3 Å². The molecule has 0 aliphatic carbocycles. The third kappa shape index (κ3) is 5.65. The average Bonchev–Trinajstić information content (AvgIpc) is 3.28. The van der Waals surface area contributed by atoms with E-state index in [0.717, 1.165) is 29.4 Å². The summed E-state index contributed by atoms with van der Waals surface area (Å²) in [5, 5.41) is 6.33. The van der Waals surface area contributed by atoms with Crippen LogP contribution in [-0.2, 0) is 6.54 Å². The van der Waals surface area contributed by atoms with E-state index >= 15 is 0 Å². The number of benzene rings is 1. The molecule has 2 heterocycles. The minimum absolute atomic E-state index is 0. The molecule has 5 nitrogen and oxygen atoms in total. The number of nitrogens with one attached hydrogen (secondary N) is 1. The van der Waals surface area contributed by atoms with Crippen molar-refractivity contribution in [3.05, 3.63) is 41.4 Å². The predicted molar refractivity (Wildman–Crippen MR) is 117 cm³/mol. The number of hydrogen-bond donors (Lipinski definition) is 2. The molecule has 0 bridgehead atoms.